The molecule has 0 spiro atoms. The average molecular weight is 376 g/mol. The van der Waals surface area contributed by atoms with Crippen molar-refractivity contribution in [3.8, 4) is 0 Å². The van der Waals surface area contributed by atoms with Gasteiger partial charge >= 0.3 is 6.09 Å². The molecule has 3 aliphatic rings. The Morgan fingerprint density at radius 2 is 1.76 bits per heavy atom. The van der Waals surface area contributed by atoms with Gasteiger partial charge in [-0.3, -0.25) is 4.90 Å². The first kappa shape index (κ1) is 17.3. The molecule has 3 aliphatic heterocycles. The van der Waals surface area contributed by atoms with Crippen LogP contribution in [-0.4, -0.2) is 33.2 Å². The standard InChI is InChI=1S/C19H29NO3Si2/c1-19(2,3)22-18(21)20-13-9-10-14(20)16-12(13)8-11-15-17(16)25(6,7)23-24(15,4)5/h8,11,13-14H,9-10H2,1-7H3/t13-,14+/m0/s1. The molecule has 4 rings (SSSR count). The second kappa shape index (κ2) is 4.99. The van der Waals surface area contributed by atoms with Crippen LogP contribution in [0.5, 0.6) is 0 Å². The zero-order valence-corrected chi connectivity index (χ0v) is 18.4. The molecular formula is C19H29NO3Si2. The van der Waals surface area contributed by atoms with Gasteiger partial charge in [0.25, 0.3) is 0 Å². The van der Waals surface area contributed by atoms with E-state index in [1.807, 2.05) is 25.7 Å². The predicted molar refractivity (Wildman–Crippen MR) is 105 cm³/mol. The lowest BCUT2D eigenvalue weighted by Crippen LogP contribution is -2.47. The number of carbonyl (C=O) groups excluding carboxylic acids is 1. The second-order valence-electron chi connectivity index (χ2n) is 9.61. The molecule has 2 atom stereocenters. The Morgan fingerprint density at radius 3 is 2.40 bits per heavy atom. The van der Waals surface area contributed by atoms with E-state index in [2.05, 4.69) is 38.3 Å². The third-order valence-electron chi connectivity index (χ3n) is 5.72. The van der Waals surface area contributed by atoms with Gasteiger partial charge in [0.15, 0.2) is 0 Å². The molecule has 1 aromatic rings. The van der Waals surface area contributed by atoms with E-state index in [0.717, 1.165) is 12.8 Å². The summed E-state index contributed by atoms with van der Waals surface area (Å²) in [5.74, 6) is 0. The minimum Gasteiger partial charge on any atom is -0.449 e. The van der Waals surface area contributed by atoms with Crippen LogP contribution < -0.4 is 10.4 Å². The molecule has 4 nitrogen and oxygen atoms in total. The second-order valence-corrected chi connectivity index (χ2v) is 17.5. The maximum Gasteiger partial charge on any atom is 0.411 e. The summed E-state index contributed by atoms with van der Waals surface area (Å²) in [6.45, 7) is 15.1. The smallest absolute Gasteiger partial charge is 0.411 e. The van der Waals surface area contributed by atoms with Gasteiger partial charge in [-0.05, 0) is 81.3 Å². The Balaban J connectivity index is 1.81. The molecule has 3 heterocycles. The molecule has 1 aromatic carbocycles. The van der Waals surface area contributed by atoms with E-state index in [-0.39, 0.29) is 18.2 Å². The highest BCUT2D eigenvalue weighted by Gasteiger charge is 2.55. The van der Waals surface area contributed by atoms with Crippen molar-refractivity contribution in [3.05, 3.63) is 23.3 Å². The monoisotopic (exact) mass is 375 g/mol. The van der Waals surface area contributed by atoms with Gasteiger partial charge in [0.1, 0.15) is 5.60 Å². The van der Waals surface area contributed by atoms with Crippen LogP contribution in [0.2, 0.25) is 26.2 Å². The largest absolute Gasteiger partial charge is 0.449 e. The minimum atomic E-state index is -1.92. The topological polar surface area (TPSA) is 38.8 Å². The Bertz CT molecular complexity index is 767. The molecule has 2 bridgehead atoms. The fourth-order valence-electron chi connectivity index (χ4n) is 5.15. The van der Waals surface area contributed by atoms with Crippen LogP contribution in [0.25, 0.3) is 0 Å². The third-order valence-corrected chi connectivity index (χ3v) is 13.5. The van der Waals surface area contributed by atoms with E-state index in [0.29, 0.717) is 0 Å². The summed E-state index contributed by atoms with van der Waals surface area (Å²) < 4.78 is 12.4. The molecular weight excluding hydrogens is 346 g/mol. The summed E-state index contributed by atoms with van der Waals surface area (Å²) in [5, 5.41) is 2.95. The van der Waals surface area contributed by atoms with Gasteiger partial charge < -0.3 is 8.85 Å². The highest BCUT2D eigenvalue weighted by atomic mass is 28.4. The van der Waals surface area contributed by atoms with Crippen LogP contribution in [-0.2, 0) is 8.85 Å². The first-order valence-electron chi connectivity index (χ1n) is 9.32. The Hall–Kier alpha value is -1.12. The number of benzene rings is 1. The zero-order valence-electron chi connectivity index (χ0n) is 16.4. The maximum atomic E-state index is 12.9. The maximum absolute atomic E-state index is 12.9. The summed E-state index contributed by atoms with van der Waals surface area (Å²) in [5.41, 5.74) is 2.30. The average Bonchev–Trinajstić information content (AvgIpc) is 3.04. The van der Waals surface area contributed by atoms with Crippen LogP contribution in [0.1, 0.15) is 56.8 Å². The summed E-state index contributed by atoms with van der Waals surface area (Å²) >= 11 is 0. The van der Waals surface area contributed by atoms with E-state index in [4.69, 9.17) is 8.85 Å². The first-order chi connectivity index (χ1) is 11.4. The quantitative estimate of drug-likeness (QED) is 0.650. The highest BCUT2D eigenvalue weighted by molar-refractivity contribution is 7.06. The van der Waals surface area contributed by atoms with Crippen LogP contribution in [0, 0.1) is 0 Å². The molecule has 1 amide bonds. The SMILES string of the molecule is CC(C)(C)OC(=O)N1[C@@H]2CC[C@H]1c1ccc3c(c12)[Si](C)(C)O[Si]3(C)C. The van der Waals surface area contributed by atoms with Crippen molar-refractivity contribution >= 4 is 33.1 Å². The molecule has 25 heavy (non-hydrogen) atoms. The van der Waals surface area contributed by atoms with Crippen LogP contribution >= 0.6 is 0 Å². The molecule has 0 aliphatic carbocycles. The van der Waals surface area contributed by atoms with E-state index < -0.39 is 22.2 Å². The highest BCUT2D eigenvalue weighted by Crippen LogP contribution is 2.53. The van der Waals surface area contributed by atoms with Gasteiger partial charge in [-0.2, -0.15) is 0 Å². The lowest BCUT2D eigenvalue weighted by atomic mass is 9.92. The number of fused-ring (bicyclic) bond motifs is 7. The van der Waals surface area contributed by atoms with Crippen molar-refractivity contribution in [2.24, 2.45) is 0 Å². The number of carbonyl (C=O) groups is 1. The van der Waals surface area contributed by atoms with Crippen LogP contribution in [0.4, 0.5) is 4.79 Å². The molecule has 0 unspecified atom stereocenters. The van der Waals surface area contributed by atoms with Crippen molar-refractivity contribution in [1.82, 2.24) is 4.90 Å². The summed E-state index contributed by atoms with van der Waals surface area (Å²) in [7, 11) is -3.75. The summed E-state index contributed by atoms with van der Waals surface area (Å²) in [6, 6.07) is 4.91. The summed E-state index contributed by atoms with van der Waals surface area (Å²) in [6.07, 6.45) is 1.92. The van der Waals surface area contributed by atoms with E-state index in [1.165, 1.54) is 21.5 Å². The molecule has 0 N–H and O–H groups in total. The van der Waals surface area contributed by atoms with Crippen molar-refractivity contribution in [1.29, 1.82) is 0 Å². The van der Waals surface area contributed by atoms with Crippen molar-refractivity contribution in [2.75, 3.05) is 0 Å². The van der Waals surface area contributed by atoms with Crippen molar-refractivity contribution in [2.45, 2.75) is 77.5 Å². The fourth-order valence-corrected chi connectivity index (χ4v) is 15.8. The van der Waals surface area contributed by atoms with Crippen LogP contribution in [0.3, 0.4) is 0 Å². The molecule has 0 aromatic heterocycles. The predicted octanol–water partition coefficient (Wildman–Crippen LogP) is 3.67. The van der Waals surface area contributed by atoms with Gasteiger partial charge in [-0.1, -0.05) is 12.1 Å². The Morgan fingerprint density at radius 1 is 1.12 bits per heavy atom. The van der Waals surface area contributed by atoms with Crippen molar-refractivity contribution < 1.29 is 13.6 Å². The van der Waals surface area contributed by atoms with Gasteiger partial charge in [0.05, 0.1) is 12.1 Å². The van der Waals surface area contributed by atoms with E-state index in [1.54, 1.807) is 0 Å². The number of hydrogen-bond donors (Lipinski definition) is 0. The van der Waals surface area contributed by atoms with E-state index in [9.17, 15) is 4.79 Å². The number of amides is 1. The lowest BCUT2D eigenvalue weighted by Gasteiger charge is -2.28. The third kappa shape index (κ3) is 2.45. The fraction of sp³-hybridized carbons (Fsp3) is 0.632. The van der Waals surface area contributed by atoms with Crippen LogP contribution in [0.15, 0.2) is 12.1 Å². The zero-order chi connectivity index (χ0) is 18.4. The number of ether oxygens (including phenoxy) is 1. The lowest BCUT2D eigenvalue weighted by molar-refractivity contribution is 0.0178. The van der Waals surface area contributed by atoms with Gasteiger partial charge in [-0.25, -0.2) is 4.79 Å². The summed E-state index contributed by atoms with van der Waals surface area (Å²) in [4.78, 5) is 14.9. The normalized spacial score (nSPS) is 28.0. The van der Waals surface area contributed by atoms with Gasteiger partial charge in [0, 0.05) is 0 Å². The Labute approximate surface area is 152 Å². The number of hydrogen-bond acceptors (Lipinski definition) is 3. The molecule has 0 radical (unpaired) electrons. The van der Waals surface area contributed by atoms with E-state index >= 15 is 0 Å². The number of rotatable bonds is 0. The van der Waals surface area contributed by atoms with Gasteiger partial charge in [0.2, 0.25) is 16.6 Å². The van der Waals surface area contributed by atoms with Gasteiger partial charge in [-0.15, -0.1) is 0 Å². The molecule has 1 saturated heterocycles. The molecule has 6 heteroatoms. The minimum absolute atomic E-state index is 0.167. The number of nitrogens with zero attached hydrogens (tertiary/aromatic N) is 1. The first-order valence-corrected chi connectivity index (χ1v) is 15.1. The molecule has 1 fully saturated rings. The molecule has 0 saturated carbocycles. The molecule has 136 valence electrons. The Kier molecular flexibility index (Phi) is 3.45. The van der Waals surface area contributed by atoms with Crippen molar-refractivity contribution in [3.63, 3.8) is 0 Å².